The molecule has 8 bridgehead atoms. The van der Waals surface area contributed by atoms with Crippen molar-refractivity contribution in [2.75, 3.05) is 0 Å². The van der Waals surface area contributed by atoms with Crippen molar-refractivity contribution >= 4 is 34.5 Å². The molecule has 0 saturated heterocycles. The number of aromatic nitrogens is 1. The molecule has 0 N–H and O–H groups in total. The Hall–Kier alpha value is -5.29. The molecule has 0 amide bonds. The van der Waals surface area contributed by atoms with Gasteiger partial charge in [-0.3, -0.25) is 4.98 Å². The van der Waals surface area contributed by atoms with E-state index < -0.39 is 0 Å². The van der Waals surface area contributed by atoms with Crippen molar-refractivity contribution in [3.05, 3.63) is 161 Å². The summed E-state index contributed by atoms with van der Waals surface area (Å²) in [7, 11) is 0. The van der Waals surface area contributed by atoms with Gasteiger partial charge in [0.2, 0.25) is 0 Å². The van der Waals surface area contributed by atoms with Crippen molar-refractivity contribution < 1.29 is 0 Å². The standard InChI is InChI=1S/C34H23N5/c1-2-22-5-7-23(8-6-22)16-24-4-3-15-35-34(24)32-20-31-19-29-12-11-27(37-29)17-25-9-10-26(36-25)18-28-13-14-30(38-28)21-33(32)39-31/h2-15,17-21H,1,16H2. The number of aliphatic imine (C=N–C) groups is 4. The van der Waals surface area contributed by atoms with Crippen LogP contribution >= 0.6 is 0 Å². The van der Waals surface area contributed by atoms with Gasteiger partial charge in [-0.15, -0.1) is 0 Å². The van der Waals surface area contributed by atoms with Crippen molar-refractivity contribution in [2.45, 2.75) is 6.42 Å². The molecule has 184 valence electrons. The first-order chi connectivity index (χ1) is 19.2. The highest BCUT2D eigenvalue weighted by molar-refractivity contribution is 6.32. The molecule has 0 saturated carbocycles. The predicted octanol–water partition coefficient (Wildman–Crippen LogP) is 6.74. The second kappa shape index (κ2) is 9.54. The molecule has 0 aliphatic carbocycles. The van der Waals surface area contributed by atoms with Gasteiger partial charge in [-0.2, -0.15) is 0 Å². The maximum atomic E-state index is 4.99. The molecule has 1 aromatic heterocycles. The predicted molar refractivity (Wildman–Crippen MR) is 161 cm³/mol. The Morgan fingerprint density at radius 2 is 1.23 bits per heavy atom. The Bertz CT molecular complexity index is 1810. The minimum atomic E-state index is 0.760. The second-order valence-electron chi connectivity index (χ2n) is 9.58. The molecule has 39 heavy (non-hydrogen) atoms. The van der Waals surface area contributed by atoms with E-state index in [1.165, 1.54) is 5.56 Å². The fourth-order valence-electron chi connectivity index (χ4n) is 4.90. The molecule has 0 radical (unpaired) electrons. The van der Waals surface area contributed by atoms with E-state index in [9.17, 15) is 0 Å². The van der Waals surface area contributed by atoms with Crippen LogP contribution in [-0.2, 0) is 6.42 Å². The van der Waals surface area contributed by atoms with E-state index in [0.29, 0.717) is 0 Å². The molecule has 0 unspecified atom stereocenters. The number of fused-ring (bicyclic) bond motifs is 4. The first-order valence-corrected chi connectivity index (χ1v) is 12.8. The summed E-state index contributed by atoms with van der Waals surface area (Å²) in [4.78, 5) is 24.1. The molecule has 2 aromatic rings. The van der Waals surface area contributed by atoms with Crippen molar-refractivity contribution in [3.8, 4) is 0 Å². The molecular weight excluding hydrogens is 478 g/mol. The Balaban J connectivity index is 1.32. The minimum absolute atomic E-state index is 0.760. The topological polar surface area (TPSA) is 62.3 Å². The van der Waals surface area contributed by atoms with Crippen LogP contribution in [0.4, 0.5) is 0 Å². The van der Waals surface area contributed by atoms with Crippen LogP contribution in [0, 0.1) is 0 Å². The van der Waals surface area contributed by atoms with E-state index >= 15 is 0 Å². The molecular formula is C34H23N5. The Labute approximate surface area is 226 Å². The van der Waals surface area contributed by atoms with Crippen LogP contribution in [-0.4, -0.2) is 27.8 Å². The van der Waals surface area contributed by atoms with E-state index in [1.54, 1.807) is 0 Å². The van der Waals surface area contributed by atoms with Crippen LogP contribution in [0.2, 0.25) is 0 Å². The van der Waals surface area contributed by atoms with Crippen molar-refractivity contribution in [2.24, 2.45) is 20.0 Å². The van der Waals surface area contributed by atoms with Crippen molar-refractivity contribution in [1.82, 2.24) is 4.98 Å². The smallest absolute Gasteiger partial charge is 0.0759 e. The summed E-state index contributed by atoms with van der Waals surface area (Å²) < 4.78 is 0. The third kappa shape index (κ3) is 4.74. The molecule has 0 fully saturated rings. The summed E-state index contributed by atoms with van der Waals surface area (Å²) >= 11 is 0. The van der Waals surface area contributed by atoms with Crippen LogP contribution in [0.25, 0.3) is 11.6 Å². The van der Waals surface area contributed by atoms with Crippen LogP contribution in [0.15, 0.2) is 159 Å². The molecule has 0 atom stereocenters. The highest BCUT2D eigenvalue weighted by atomic mass is 14.8. The fourth-order valence-corrected chi connectivity index (χ4v) is 4.90. The lowest BCUT2D eigenvalue weighted by Crippen LogP contribution is -2.03. The quantitative estimate of drug-likeness (QED) is 0.458. The van der Waals surface area contributed by atoms with Gasteiger partial charge < -0.3 is 0 Å². The molecule has 6 heterocycles. The summed E-state index contributed by atoms with van der Waals surface area (Å²) in [5.74, 6) is 0. The number of allylic oxidation sites excluding steroid dienone is 12. The first kappa shape index (κ1) is 22.9. The van der Waals surface area contributed by atoms with Crippen LogP contribution in [0.3, 0.4) is 0 Å². The van der Waals surface area contributed by atoms with Crippen LogP contribution < -0.4 is 0 Å². The third-order valence-corrected chi connectivity index (χ3v) is 6.80. The normalized spacial score (nSPS) is 18.5. The maximum absolute atomic E-state index is 4.99. The van der Waals surface area contributed by atoms with Crippen LogP contribution in [0.1, 0.15) is 22.4 Å². The molecule has 7 rings (SSSR count). The summed E-state index contributed by atoms with van der Waals surface area (Å²) in [5, 5.41) is 0. The zero-order valence-corrected chi connectivity index (χ0v) is 21.1. The van der Waals surface area contributed by atoms with Gasteiger partial charge in [0.15, 0.2) is 0 Å². The molecule has 1 aromatic carbocycles. The van der Waals surface area contributed by atoms with Gasteiger partial charge in [0, 0.05) is 11.8 Å². The number of hydrogen-bond donors (Lipinski definition) is 0. The highest BCUT2D eigenvalue weighted by Crippen LogP contribution is 2.30. The minimum Gasteiger partial charge on any atom is -0.256 e. The van der Waals surface area contributed by atoms with E-state index in [1.807, 2.05) is 79.1 Å². The summed E-state index contributed by atoms with van der Waals surface area (Å²) in [6.07, 6.45) is 26.5. The average Bonchev–Trinajstić information content (AvgIpc) is 3.75. The first-order valence-electron chi connectivity index (χ1n) is 12.8. The van der Waals surface area contributed by atoms with Gasteiger partial charge in [-0.1, -0.05) is 43.0 Å². The van der Waals surface area contributed by atoms with E-state index in [-0.39, 0.29) is 0 Å². The number of nitrogens with zero attached hydrogens (tertiary/aromatic N) is 5. The number of hydrogen-bond acceptors (Lipinski definition) is 5. The number of rotatable bonds is 4. The molecule has 0 spiro atoms. The van der Waals surface area contributed by atoms with E-state index in [2.05, 4.69) is 48.0 Å². The van der Waals surface area contributed by atoms with Crippen LogP contribution in [0.5, 0.6) is 0 Å². The lowest BCUT2D eigenvalue weighted by Gasteiger charge is -2.10. The lowest BCUT2D eigenvalue weighted by molar-refractivity contribution is 1.12. The van der Waals surface area contributed by atoms with Gasteiger partial charge in [0.25, 0.3) is 0 Å². The zero-order valence-electron chi connectivity index (χ0n) is 21.1. The summed E-state index contributed by atoms with van der Waals surface area (Å²) in [5.41, 5.74) is 12.1. The Morgan fingerprint density at radius 3 is 1.87 bits per heavy atom. The maximum Gasteiger partial charge on any atom is 0.0759 e. The fraction of sp³-hybridized carbons (Fsp3) is 0.0294. The second-order valence-corrected chi connectivity index (χ2v) is 9.58. The van der Waals surface area contributed by atoms with Gasteiger partial charge in [0.1, 0.15) is 0 Å². The Morgan fingerprint density at radius 1 is 0.615 bits per heavy atom. The van der Waals surface area contributed by atoms with Gasteiger partial charge in [-0.05, 0) is 96.0 Å². The largest absolute Gasteiger partial charge is 0.256 e. The summed E-state index contributed by atoms with van der Waals surface area (Å²) in [6, 6.07) is 12.6. The molecule has 5 aliphatic heterocycles. The monoisotopic (exact) mass is 501 g/mol. The van der Waals surface area contributed by atoms with Gasteiger partial charge >= 0.3 is 0 Å². The number of pyridine rings is 1. The lowest BCUT2D eigenvalue weighted by atomic mass is 9.96. The zero-order chi connectivity index (χ0) is 26.2. The Kier molecular flexibility index (Phi) is 5.60. The highest BCUT2D eigenvalue weighted by Gasteiger charge is 2.21. The average molecular weight is 502 g/mol. The molecule has 5 aliphatic rings. The third-order valence-electron chi connectivity index (χ3n) is 6.80. The summed E-state index contributed by atoms with van der Waals surface area (Å²) in [6.45, 7) is 3.86. The number of benzene rings is 1. The molecule has 5 nitrogen and oxygen atoms in total. The molecule has 5 heteroatoms. The van der Waals surface area contributed by atoms with E-state index in [4.69, 9.17) is 20.0 Å². The van der Waals surface area contributed by atoms with Gasteiger partial charge in [-0.25, -0.2) is 20.0 Å². The van der Waals surface area contributed by atoms with Crippen molar-refractivity contribution in [1.29, 1.82) is 0 Å². The van der Waals surface area contributed by atoms with Gasteiger partial charge in [0.05, 0.1) is 51.3 Å². The van der Waals surface area contributed by atoms with Crippen molar-refractivity contribution in [3.63, 3.8) is 0 Å². The SMILES string of the molecule is C=Cc1ccc(Cc2cccnc2C2=CC3=CC4=NC(=CC5=NC(=CC6=NC(=CC2=N3)C=C6)C=C5)C=C4)cc1. The van der Waals surface area contributed by atoms with E-state index in [0.717, 1.165) is 74.4 Å².